The summed E-state index contributed by atoms with van der Waals surface area (Å²) in [6.45, 7) is 15.2. The molecule has 0 saturated carbocycles. The lowest BCUT2D eigenvalue weighted by atomic mass is 10.00. The highest BCUT2D eigenvalue weighted by Crippen LogP contribution is 2.40. The summed E-state index contributed by atoms with van der Waals surface area (Å²) in [7, 11) is -2.83. The fraction of sp³-hybridized carbons (Fsp3) is 0.382. The molecule has 4 rings (SSSR count). The van der Waals surface area contributed by atoms with E-state index in [4.69, 9.17) is 9.16 Å². The molecule has 0 N–H and O–H groups in total. The van der Waals surface area contributed by atoms with E-state index in [9.17, 15) is 4.79 Å². The zero-order valence-corrected chi connectivity index (χ0v) is 25.1. The molecule has 3 aromatic rings. The summed E-state index contributed by atoms with van der Waals surface area (Å²) in [5, 5.41) is 2.24. The van der Waals surface area contributed by atoms with Gasteiger partial charge in [0.05, 0.1) is 18.4 Å². The van der Waals surface area contributed by atoms with Gasteiger partial charge in [0.1, 0.15) is 0 Å². The van der Waals surface area contributed by atoms with Gasteiger partial charge < -0.3 is 9.16 Å². The van der Waals surface area contributed by atoms with Crippen LogP contribution < -0.4 is 15.3 Å². The molecule has 0 spiro atoms. The van der Waals surface area contributed by atoms with Crippen molar-refractivity contribution in [2.45, 2.75) is 77.9 Å². The lowest BCUT2D eigenvalue weighted by Gasteiger charge is -2.48. The largest absolute Gasteiger partial charge is 0.400 e. The molecule has 0 radical (unpaired) electrons. The van der Waals surface area contributed by atoms with Crippen molar-refractivity contribution in [1.29, 1.82) is 0 Å². The van der Waals surface area contributed by atoms with Gasteiger partial charge in [0.25, 0.3) is 8.32 Å². The quantitative estimate of drug-likeness (QED) is 0.160. The van der Waals surface area contributed by atoms with Crippen molar-refractivity contribution in [1.82, 2.24) is 0 Å². The van der Waals surface area contributed by atoms with E-state index >= 15 is 0 Å². The summed E-state index contributed by atoms with van der Waals surface area (Å²) in [4.78, 5) is 15.9. The van der Waals surface area contributed by atoms with E-state index in [2.05, 4.69) is 94.9 Å². The molecule has 0 fully saturated rings. The van der Waals surface area contributed by atoms with Crippen molar-refractivity contribution in [2.24, 2.45) is 5.92 Å². The molecule has 39 heavy (non-hydrogen) atoms. The van der Waals surface area contributed by atoms with E-state index in [0.29, 0.717) is 6.61 Å². The molecule has 0 aromatic heterocycles. The van der Waals surface area contributed by atoms with Crippen LogP contribution in [0.1, 0.15) is 59.4 Å². The number of fused-ring (bicyclic) bond motifs is 1. The molecule has 4 nitrogen and oxygen atoms in total. The maximum atomic E-state index is 14.0. The summed E-state index contributed by atoms with van der Waals surface area (Å²) in [5.41, 5.74) is 1.95. The number of nitrogens with zero attached hydrogens (tertiary/aromatic N) is 1. The molecule has 1 amide bonds. The predicted molar refractivity (Wildman–Crippen MR) is 164 cm³/mol. The van der Waals surface area contributed by atoms with Crippen LogP contribution in [-0.2, 0) is 20.6 Å². The first kappa shape index (κ1) is 29.0. The Kier molecular flexibility index (Phi) is 9.26. The monoisotopic (exact) mass is 541 g/mol. The summed E-state index contributed by atoms with van der Waals surface area (Å²) >= 11 is 0. The molecule has 3 unspecified atom stereocenters. The van der Waals surface area contributed by atoms with E-state index in [1.165, 1.54) is 10.4 Å². The van der Waals surface area contributed by atoms with E-state index in [-0.39, 0.29) is 23.0 Å². The van der Waals surface area contributed by atoms with Crippen LogP contribution in [0.25, 0.3) is 0 Å². The van der Waals surface area contributed by atoms with E-state index in [1.807, 2.05) is 42.2 Å². The molecule has 1 aliphatic heterocycles. The number of carbonyl (C=O) groups is 1. The molecule has 1 heterocycles. The van der Waals surface area contributed by atoms with Crippen LogP contribution in [0.3, 0.4) is 0 Å². The van der Waals surface area contributed by atoms with Crippen LogP contribution in [-0.4, -0.2) is 26.6 Å². The number of unbranched alkanes of at least 4 members (excludes halogenated alkanes) is 1. The van der Waals surface area contributed by atoms with Crippen molar-refractivity contribution in [3.8, 4) is 0 Å². The summed E-state index contributed by atoms with van der Waals surface area (Å²) < 4.78 is 13.9. The average Bonchev–Trinajstić information content (AvgIpc) is 2.95. The highest BCUT2D eigenvalue weighted by atomic mass is 28.4. The van der Waals surface area contributed by atoms with Gasteiger partial charge in [0, 0.05) is 11.5 Å². The highest BCUT2D eigenvalue weighted by Gasteiger charge is 2.52. The molecule has 0 bridgehead atoms. The Morgan fingerprint density at radius 3 is 2.13 bits per heavy atom. The Bertz CT molecular complexity index is 1200. The molecular weight excluding hydrogens is 498 g/mol. The smallest absolute Gasteiger partial charge is 0.261 e. The first-order valence-corrected chi connectivity index (χ1v) is 16.0. The first-order valence-electron chi connectivity index (χ1n) is 14.1. The Morgan fingerprint density at radius 1 is 1.00 bits per heavy atom. The molecule has 5 heteroatoms. The molecule has 3 atom stereocenters. The first-order chi connectivity index (χ1) is 18.7. The molecular formula is C34H43NO3Si. The molecule has 0 aliphatic carbocycles. The third-order valence-electron chi connectivity index (χ3n) is 7.80. The number of ether oxygens (including phenoxy) is 1. The Labute approximate surface area is 235 Å². The molecule has 1 aliphatic rings. The number of hydrogen-bond donors (Lipinski definition) is 0. The van der Waals surface area contributed by atoms with Crippen LogP contribution in [0, 0.1) is 5.92 Å². The number of benzene rings is 3. The molecule has 3 aromatic carbocycles. The second kappa shape index (κ2) is 12.5. The lowest BCUT2D eigenvalue weighted by molar-refractivity contribution is -0.128. The van der Waals surface area contributed by atoms with Crippen LogP contribution >= 0.6 is 0 Å². The minimum absolute atomic E-state index is 0.0779. The fourth-order valence-corrected chi connectivity index (χ4v) is 10.5. The van der Waals surface area contributed by atoms with Gasteiger partial charge in [-0.3, -0.25) is 9.69 Å². The number of amides is 1. The van der Waals surface area contributed by atoms with Gasteiger partial charge in [-0.2, -0.15) is 0 Å². The van der Waals surface area contributed by atoms with Gasteiger partial charge in [-0.05, 0) is 47.7 Å². The highest BCUT2D eigenvalue weighted by molar-refractivity contribution is 6.99. The van der Waals surface area contributed by atoms with Crippen molar-refractivity contribution < 1.29 is 14.0 Å². The Hall–Kier alpha value is -2.99. The van der Waals surface area contributed by atoms with Crippen LogP contribution in [0.15, 0.2) is 97.6 Å². The summed E-state index contributed by atoms with van der Waals surface area (Å²) in [6.07, 6.45) is 3.66. The van der Waals surface area contributed by atoms with Gasteiger partial charge >= 0.3 is 0 Å². The predicted octanol–water partition coefficient (Wildman–Crippen LogP) is 6.83. The minimum Gasteiger partial charge on any atom is -0.400 e. The maximum Gasteiger partial charge on any atom is 0.261 e. The number of anilines is 1. The van der Waals surface area contributed by atoms with E-state index in [1.54, 1.807) is 0 Å². The van der Waals surface area contributed by atoms with Gasteiger partial charge in [0.2, 0.25) is 5.91 Å². The Balaban J connectivity index is 1.77. The fourth-order valence-electron chi connectivity index (χ4n) is 5.80. The summed E-state index contributed by atoms with van der Waals surface area (Å²) in [5.74, 6) is -0.0589. The number of rotatable bonds is 10. The number of carbonyl (C=O) groups excluding carboxylic acids is 1. The van der Waals surface area contributed by atoms with Crippen molar-refractivity contribution in [3.05, 3.63) is 103 Å². The topological polar surface area (TPSA) is 38.8 Å². The summed E-state index contributed by atoms with van der Waals surface area (Å²) in [6, 6.07) is 29.3. The van der Waals surface area contributed by atoms with Gasteiger partial charge in [0.15, 0.2) is 6.23 Å². The van der Waals surface area contributed by atoms with Gasteiger partial charge in [-0.15, -0.1) is 6.58 Å². The average molecular weight is 542 g/mol. The standard InChI is InChI=1S/C34H43NO3Si/c1-7-8-11-18-26(2)32(36)35-31-24-17-16-19-28(31)25-37-33(35)27(3)38-39(34(4,5)6,29-20-12-9-13-21-29)30-22-14-10-15-23-30/h7,9-10,12-17,19-24,26-27,33H,1,8,11,18,25H2,2-6H3. The van der Waals surface area contributed by atoms with E-state index < -0.39 is 14.5 Å². The molecule has 206 valence electrons. The van der Waals surface area contributed by atoms with Crippen molar-refractivity contribution in [2.75, 3.05) is 4.90 Å². The number of para-hydroxylation sites is 1. The Morgan fingerprint density at radius 2 is 1.56 bits per heavy atom. The third-order valence-corrected chi connectivity index (χ3v) is 12.9. The normalized spacial score (nSPS) is 17.3. The second-order valence-electron chi connectivity index (χ2n) is 11.6. The van der Waals surface area contributed by atoms with Crippen molar-refractivity contribution >= 4 is 30.3 Å². The minimum atomic E-state index is -2.83. The van der Waals surface area contributed by atoms with Gasteiger partial charge in [-0.25, -0.2) is 0 Å². The maximum absolute atomic E-state index is 14.0. The zero-order chi connectivity index (χ0) is 28.0. The lowest BCUT2D eigenvalue weighted by Crippen LogP contribution is -2.69. The van der Waals surface area contributed by atoms with Crippen molar-refractivity contribution in [3.63, 3.8) is 0 Å². The molecule has 0 saturated heterocycles. The number of allylic oxidation sites excluding steroid dienone is 1. The SMILES string of the molecule is C=CCCCC(C)C(=O)N1c2ccccc2COC1C(C)O[Si](c1ccccc1)(c1ccccc1)C(C)(C)C. The second-order valence-corrected chi connectivity index (χ2v) is 15.9. The van der Waals surface area contributed by atoms with Gasteiger partial charge in [-0.1, -0.05) is 113 Å². The van der Waals surface area contributed by atoms with Crippen LogP contribution in [0.4, 0.5) is 5.69 Å². The van der Waals surface area contributed by atoms with Crippen LogP contribution in [0.5, 0.6) is 0 Å². The third kappa shape index (κ3) is 5.96. The zero-order valence-electron chi connectivity index (χ0n) is 24.1. The van der Waals surface area contributed by atoms with Crippen LogP contribution in [0.2, 0.25) is 5.04 Å². The number of hydrogen-bond acceptors (Lipinski definition) is 3. The van der Waals surface area contributed by atoms with E-state index in [0.717, 1.165) is 30.5 Å².